The first kappa shape index (κ1) is 14.8. The molecular weight excluding hydrogens is 266 g/mol. The van der Waals surface area contributed by atoms with Gasteiger partial charge in [-0.25, -0.2) is 0 Å². The number of aromatic nitrogens is 1. The number of carbonyl (C=O) groups is 2. The lowest BCUT2D eigenvalue weighted by Crippen LogP contribution is -2.44. The summed E-state index contributed by atoms with van der Waals surface area (Å²) in [6, 6.07) is 11.0. The van der Waals surface area contributed by atoms with Crippen LogP contribution >= 0.6 is 0 Å². The van der Waals surface area contributed by atoms with Crippen molar-refractivity contribution in [2.45, 2.75) is 20.3 Å². The standard InChI is InChI=1S/C16H19N3O2/c1-3-12(2)15(20)17-18-16(21)13-8-4-5-9-14(13)19-10-6-7-11-19/h4-12H,3H2,1-2H3,(H,17,20)(H,18,21). The molecule has 110 valence electrons. The maximum Gasteiger partial charge on any atom is 0.271 e. The number of nitrogens with zero attached hydrogens (tertiary/aromatic N) is 1. The monoisotopic (exact) mass is 285 g/mol. The minimum atomic E-state index is -0.337. The van der Waals surface area contributed by atoms with Crippen LogP contribution < -0.4 is 10.9 Å². The SMILES string of the molecule is CCC(C)C(=O)NNC(=O)c1ccccc1-n1cccc1. The fraction of sp³-hybridized carbons (Fsp3) is 0.250. The van der Waals surface area contributed by atoms with E-state index in [1.165, 1.54) is 0 Å². The maximum absolute atomic E-state index is 12.2. The van der Waals surface area contributed by atoms with E-state index in [-0.39, 0.29) is 17.7 Å². The van der Waals surface area contributed by atoms with Gasteiger partial charge in [-0.1, -0.05) is 26.0 Å². The molecule has 1 aromatic carbocycles. The number of hydrogen-bond acceptors (Lipinski definition) is 2. The predicted molar refractivity (Wildman–Crippen MR) is 80.8 cm³/mol. The largest absolute Gasteiger partial charge is 0.323 e. The van der Waals surface area contributed by atoms with Gasteiger partial charge in [0.25, 0.3) is 5.91 Å². The molecule has 2 rings (SSSR count). The van der Waals surface area contributed by atoms with E-state index < -0.39 is 0 Å². The average Bonchev–Trinajstić information content (AvgIpc) is 3.05. The highest BCUT2D eigenvalue weighted by Gasteiger charge is 2.14. The molecule has 21 heavy (non-hydrogen) atoms. The lowest BCUT2D eigenvalue weighted by atomic mass is 10.1. The molecule has 0 aliphatic rings. The van der Waals surface area contributed by atoms with Crippen LogP contribution in [0, 0.1) is 5.92 Å². The normalized spacial score (nSPS) is 11.7. The van der Waals surface area contributed by atoms with Crippen molar-refractivity contribution in [1.82, 2.24) is 15.4 Å². The molecule has 0 aliphatic heterocycles. The van der Waals surface area contributed by atoms with Gasteiger partial charge in [0.15, 0.2) is 0 Å². The lowest BCUT2D eigenvalue weighted by molar-refractivity contribution is -0.125. The van der Waals surface area contributed by atoms with Gasteiger partial charge >= 0.3 is 0 Å². The fourth-order valence-electron chi connectivity index (χ4n) is 1.88. The molecule has 1 unspecified atom stereocenters. The van der Waals surface area contributed by atoms with Crippen LogP contribution in [0.3, 0.4) is 0 Å². The van der Waals surface area contributed by atoms with Crippen LogP contribution in [-0.4, -0.2) is 16.4 Å². The number of carbonyl (C=O) groups excluding carboxylic acids is 2. The smallest absolute Gasteiger partial charge is 0.271 e. The molecule has 1 aromatic heterocycles. The molecule has 0 fully saturated rings. The zero-order valence-electron chi connectivity index (χ0n) is 12.2. The van der Waals surface area contributed by atoms with E-state index in [1.54, 1.807) is 12.1 Å². The Morgan fingerprint density at radius 3 is 2.43 bits per heavy atom. The van der Waals surface area contributed by atoms with Crippen LogP contribution in [0.1, 0.15) is 30.6 Å². The van der Waals surface area contributed by atoms with Crippen molar-refractivity contribution in [2.75, 3.05) is 0 Å². The Morgan fingerprint density at radius 2 is 1.76 bits per heavy atom. The van der Waals surface area contributed by atoms with Crippen LogP contribution in [0.15, 0.2) is 48.8 Å². The second kappa shape index (κ2) is 6.74. The predicted octanol–water partition coefficient (Wildman–Crippen LogP) is 2.28. The molecular formula is C16H19N3O2. The van der Waals surface area contributed by atoms with Crippen molar-refractivity contribution in [3.63, 3.8) is 0 Å². The van der Waals surface area contributed by atoms with Crippen LogP contribution in [0.2, 0.25) is 0 Å². The van der Waals surface area contributed by atoms with E-state index in [9.17, 15) is 9.59 Å². The fourth-order valence-corrected chi connectivity index (χ4v) is 1.88. The Hall–Kier alpha value is -2.56. The van der Waals surface area contributed by atoms with Gasteiger partial charge in [-0.2, -0.15) is 0 Å². The van der Waals surface area contributed by atoms with Gasteiger partial charge in [0.05, 0.1) is 11.3 Å². The van der Waals surface area contributed by atoms with Crippen LogP contribution in [0.25, 0.3) is 5.69 Å². The third-order valence-corrected chi connectivity index (χ3v) is 3.39. The number of para-hydroxylation sites is 1. The molecule has 2 amide bonds. The first-order chi connectivity index (χ1) is 10.1. The summed E-state index contributed by atoms with van der Waals surface area (Å²) in [5, 5.41) is 0. The Bertz CT molecular complexity index is 620. The highest BCUT2D eigenvalue weighted by atomic mass is 16.2. The summed E-state index contributed by atoms with van der Waals surface area (Å²) < 4.78 is 1.85. The highest BCUT2D eigenvalue weighted by molar-refractivity contribution is 5.98. The molecule has 2 N–H and O–H groups in total. The summed E-state index contributed by atoms with van der Waals surface area (Å²) in [5.41, 5.74) is 6.18. The van der Waals surface area contributed by atoms with E-state index in [0.717, 1.165) is 12.1 Å². The third-order valence-electron chi connectivity index (χ3n) is 3.39. The molecule has 0 spiro atoms. The number of rotatable bonds is 4. The average molecular weight is 285 g/mol. The summed E-state index contributed by atoms with van der Waals surface area (Å²) in [4.78, 5) is 23.9. The molecule has 1 atom stereocenters. The van der Waals surface area contributed by atoms with Gasteiger partial charge in [0.1, 0.15) is 0 Å². The molecule has 2 aromatic rings. The Labute approximate surface area is 123 Å². The zero-order chi connectivity index (χ0) is 15.2. The number of benzene rings is 1. The molecule has 5 nitrogen and oxygen atoms in total. The van der Waals surface area contributed by atoms with Gasteiger partial charge in [0.2, 0.25) is 5.91 Å². The summed E-state index contributed by atoms with van der Waals surface area (Å²) in [7, 11) is 0. The summed E-state index contributed by atoms with van der Waals surface area (Å²) in [6.07, 6.45) is 4.45. The minimum absolute atomic E-state index is 0.134. The maximum atomic E-state index is 12.2. The van der Waals surface area contributed by atoms with Crippen LogP contribution in [-0.2, 0) is 4.79 Å². The van der Waals surface area contributed by atoms with Crippen LogP contribution in [0.5, 0.6) is 0 Å². The van der Waals surface area contributed by atoms with E-state index in [0.29, 0.717) is 5.56 Å². The van der Waals surface area contributed by atoms with Crippen LogP contribution in [0.4, 0.5) is 0 Å². The Kier molecular flexibility index (Phi) is 4.77. The number of amides is 2. The van der Waals surface area contributed by atoms with Gasteiger partial charge in [-0.05, 0) is 30.7 Å². The summed E-state index contributed by atoms with van der Waals surface area (Å²) >= 11 is 0. The van der Waals surface area contributed by atoms with Crippen molar-refractivity contribution in [3.8, 4) is 5.69 Å². The van der Waals surface area contributed by atoms with E-state index >= 15 is 0 Å². The number of hydrogen-bond donors (Lipinski definition) is 2. The van der Waals surface area contributed by atoms with E-state index in [1.807, 2.05) is 55.1 Å². The van der Waals surface area contributed by atoms with E-state index in [2.05, 4.69) is 10.9 Å². The van der Waals surface area contributed by atoms with Crippen molar-refractivity contribution in [3.05, 3.63) is 54.4 Å². The molecule has 0 aliphatic carbocycles. The Balaban J connectivity index is 2.12. The van der Waals surface area contributed by atoms with E-state index in [4.69, 9.17) is 0 Å². The second-order valence-corrected chi connectivity index (χ2v) is 4.86. The van der Waals surface area contributed by atoms with Crippen molar-refractivity contribution in [2.24, 2.45) is 5.92 Å². The zero-order valence-corrected chi connectivity index (χ0v) is 12.2. The van der Waals surface area contributed by atoms with Gasteiger partial charge in [0, 0.05) is 18.3 Å². The third kappa shape index (κ3) is 3.51. The topological polar surface area (TPSA) is 63.1 Å². The quantitative estimate of drug-likeness (QED) is 0.847. The van der Waals surface area contributed by atoms with Gasteiger partial charge in [-0.3, -0.25) is 20.4 Å². The Morgan fingerprint density at radius 1 is 1.10 bits per heavy atom. The highest BCUT2D eigenvalue weighted by Crippen LogP contribution is 2.14. The number of nitrogens with one attached hydrogen (secondary N) is 2. The summed E-state index contributed by atoms with van der Waals surface area (Å²) in [6.45, 7) is 3.74. The lowest BCUT2D eigenvalue weighted by Gasteiger charge is -2.13. The van der Waals surface area contributed by atoms with Crippen molar-refractivity contribution in [1.29, 1.82) is 0 Å². The molecule has 1 heterocycles. The number of hydrazine groups is 1. The molecule has 5 heteroatoms. The first-order valence-corrected chi connectivity index (χ1v) is 6.96. The van der Waals surface area contributed by atoms with Crippen molar-refractivity contribution < 1.29 is 9.59 Å². The molecule has 0 radical (unpaired) electrons. The van der Waals surface area contributed by atoms with Gasteiger partial charge < -0.3 is 4.57 Å². The second-order valence-electron chi connectivity index (χ2n) is 4.86. The van der Waals surface area contributed by atoms with Crippen molar-refractivity contribution >= 4 is 11.8 Å². The molecule has 0 saturated carbocycles. The summed E-state index contributed by atoms with van der Waals surface area (Å²) in [5.74, 6) is -0.662. The molecule has 0 saturated heterocycles. The molecule has 0 bridgehead atoms. The minimum Gasteiger partial charge on any atom is -0.323 e. The van der Waals surface area contributed by atoms with Gasteiger partial charge in [-0.15, -0.1) is 0 Å². The first-order valence-electron chi connectivity index (χ1n) is 6.96.